The van der Waals surface area contributed by atoms with Crippen molar-refractivity contribution in [3.05, 3.63) is 84.7 Å². The Kier molecular flexibility index (Phi) is 4.36. The number of carbonyl (C=O) groups is 1. The van der Waals surface area contributed by atoms with Crippen LogP contribution in [0.1, 0.15) is 33.6 Å². The van der Waals surface area contributed by atoms with E-state index in [0.717, 1.165) is 11.1 Å². The van der Waals surface area contributed by atoms with Gasteiger partial charge in [0, 0.05) is 49.4 Å². The summed E-state index contributed by atoms with van der Waals surface area (Å²) in [7, 11) is 0. The summed E-state index contributed by atoms with van der Waals surface area (Å²) in [5.74, 6) is 0.813. The van der Waals surface area contributed by atoms with E-state index in [1.165, 1.54) is 12.5 Å². The van der Waals surface area contributed by atoms with Crippen molar-refractivity contribution in [2.75, 3.05) is 13.1 Å². The van der Waals surface area contributed by atoms with E-state index in [0.29, 0.717) is 30.4 Å². The van der Waals surface area contributed by atoms with Gasteiger partial charge in [-0.05, 0) is 29.8 Å². The van der Waals surface area contributed by atoms with Crippen molar-refractivity contribution in [2.24, 2.45) is 0 Å². The second-order valence-electron chi connectivity index (χ2n) is 6.91. The van der Waals surface area contributed by atoms with E-state index in [-0.39, 0.29) is 17.7 Å². The molecule has 4 aromatic heterocycles. The van der Waals surface area contributed by atoms with Crippen LogP contribution in [-0.2, 0) is 0 Å². The number of nitrogens with zero attached hydrogens (tertiary/aromatic N) is 5. The molecule has 0 unspecified atom stereocenters. The van der Waals surface area contributed by atoms with E-state index in [2.05, 4.69) is 20.1 Å². The van der Waals surface area contributed by atoms with E-state index in [1.807, 2.05) is 30.5 Å². The Hall–Kier alpha value is -3.81. The van der Waals surface area contributed by atoms with Gasteiger partial charge in [0.25, 0.3) is 5.91 Å². The molecule has 2 atom stereocenters. The Morgan fingerprint density at radius 3 is 2.66 bits per heavy atom. The average Bonchev–Trinajstić information content (AvgIpc) is 3.55. The molecule has 1 saturated heterocycles. The molecule has 8 heteroatoms. The van der Waals surface area contributed by atoms with Crippen LogP contribution in [-0.4, -0.2) is 44.0 Å². The number of hydrogen-bond acceptors (Lipinski definition) is 7. The van der Waals surface area contributed by atoms with E-state index < -0.39 is 0 Å². The first-order valence-corrected chi connectivity index (χ1v) is 9.25. The van der Waals surface area contributed by atoms with Gasteiger partial charge in [-0.25, -0.2) is 0 Å². The molecule has 0 spiro atoms. The first-order valence-electron chi connectivity index (χ1n) is 9.25. The summed E-state index contributed by atoms with van der Waals surface area (Å²) in [5.41, 5.74) is 2.39. The molecule has 0 aromatic carbocycles. The fourth-order valence-electron chi connectivity index (χ4n) is 3.73. The third-order valence-electron chi connectivity index (χ3n) is 5.19. The highest BCUT2D eigenvalue weighted by Crippen LogP contribution is 2.39. The lowest BCUT2D eigenvalue weighted by atomic mass is 9.90. The molecule has 1 aliphatic rings. The van der Waals surface area contributed by atoms with Gasteiger partial charge < -0.3 is 13.8 Å². The first kappa shape index (κ1) is 17.3. The monoisotopic (exact) mass is 387 g/mol. The Morgan fingerprint density at radius 2 is 1.90 bits per heavy atom. The molecule has 5 heterocycles. The van der Waals surface area contributed by atoms with Gasteiger partial charge in [-0.2, -0.15) is 4.98 Å². The third-order valence-corrected chi connectivity index (χ3v) is 5.19. The molecule has 1 amide bonds. The van der Waals surface area contributed by atoms with Crippen molar-refractivity contribution in [3.63, 3.8) is 0 Å². The minimum absolute atomic E-state index is 0.00490. The van der Waals surface area contributed by atoms with Crippen molar-refractivity contribution in [1.82, 2.24) is 25.0 Å². The maximum atomic E-state index is 12.9. The van der Waals surface area contributed by atoms with Crippen molar-refractivity contribution in [2.45, 2.75) is 11.8 Å². The summed E-state index contributed by atoms with van der Waals surface area (Å²) >= 11 is 0. The SMILES string of the molecule is O=C(c1ccoc1)N1C[C@@H](c2cccnc2)[C@H](c2nc(-c3ccncc3)no2)C1. The molecule has 144 valence electrons. The summed E-state index contributed by atoms with van der Waals surface area (Å²) in [6.07, 6.45) is 9.89. The Labute approximate surface area is 166 Å². The quantitative estimate of drug-likeness (QED) is 0.530. The Bertz CT molecular complexity index is 1100. The van der Waals surface area contributed by atoms with Gasteiger partial charge in [0.2, 0.25) is 11.7 Å². The molecule has 0 N–H and O–H groups in total. The van der Waals surface area contributed by atoms with Crippen LogP contribution in [0.15, 0.2) is 76.6 Å². The number of carbonyl (C=O) groups excluding carboxylic acids is 1. The molecule has 29 heavy (non-hydrogen) atoms. The molecule has 4 aromatic rings. The molecule has 1 aliphatic heterocycles. The minimum Gasteiger partial charge on any atom is -0.472 e. The highest BCUT2D eigenvalue weighted by atomic mass is 16.5. The standard InChI is InChI=1S/C21H17N5O3/c27-21(16-5-9-28-13-16)26-11-17(15-2-1-6-23-10-15)18(12-26)20-24-19(25-29-20)14-3-7-22-8-4-14/h1-10,13,17-18H,11-12H2/t17-,18+/m0/s1. The smallest absolute Gasteiger partial charge is 0.257 e. The molecule has 1 fully saturated rings. The Balaban J connectivity index is 1.47. The molecule has 8 nitrogen and oxygen atoms in total. The summed E-state index contributed by atoms with van der Waals surface area (Å²) in [4.78, 5) is 27.5. The lowest BCUT2D eigenvalue weighted by Crippen LogP contribution is -2.28. The van der Waals surface area contributed by atoms with Gasteiger partial charge in [-0.1, -0.05) is 11.2 Å². The minimum atomic E-state index is -0.127. The molecule has 0 radical (unpaired) electrons. The van der Waals surface area contributed by atoms with Crippen LogP contribution in [0.5, 0.6) is 0 Å². The summed E-state index contributed by atoms with van der Waals surface area (Å²) in [5, 5.41) is 4.13. The number of furan rings is 1. The van der Waals surface area contributed by atoms with Crippen LogP contribution in [0.3, 0.4) is 0 Å². The van der Waals surface area contributed by atoms with Gasteiger partial charge >= 0.3 is 0 Å². The van der Waals surface area contributed by atoms with Crippen LogP contribution < -0.4 is 0 Å². The third kappa shape index (κ3) is 3.29. The van der Waals surface area contributed by atoms with Crippen LogP contribution >= 0.6 is 0 Å². The maximum absolute atomic E-state index is 12.9. The molecule has 0 aliphatic carbocycles. The molecule has 5 rings (SSSR count). The van der Waals surface area contributed by atoms with E-state index in [1.54, 1.807) is 29.6 Å². The summed E-state index contributed by atoms with van der Waals surface area (Å²) in [6.45, 7) is 1.01. The lowest BCUT2D eigenvalue weighted by molar-refractivity contribution is 0.0787. The van der Waals surface area contributed by atoms with Crippen molar-refractivity contribution in [3.8, 4) is 11.4 Å². The largest absolute Gasteiger partial charge is 0.472 e. The highest BCUT2D eigenvalue weighted by Gasteiger charge is 2.40. The van der Waals surface area contributed by atoms with Gasteiger partial charge in [-0.15, -0.1) is 0 Å². The number of amides is 1. The second kappa shape index (κ2) is 7.31. The van der Waals surface area contributed by atoms with Crippen LogP contribution in [0.25, 0.3) is 11.4 Å². The zero-order chi connectivity index (χ0) is 19.6. The average molecular weight is 387 g/mol. The first-order chi connectivity index (χ1) is 14.3. The number of rotatable bonds is 4. The molecule has 0 bridgehead atoms. The maximum Gasteiger partial charge on any atom is 0.257 e. The van der Waals surface area contributed by atoms with Gasteiger partial charge in [0.15, 0.2) is 0 Å². The van der Waals surface area contributed by atoms with E-state index >= 15 is 0 Å². The van der Waals surface area contributed by atoms with E-state index in [4.69, 9.17) is 8.94 Å². The predicted molar refractivity (Wildman–Crippen MR) is 102 cm³/mol. The highest BCUT2D eigenvalue weighted by molar-refractivity contribution is 5.94. The van der Waals surface area contributed by atoms with Crippen LogP contribution in [0, 0.1) is 0 Å². The zero-order valence-electron chi connectivity index (χ0n) is 15.4. The Morgan fingerprint density at radius 1 is 1.03 bits per heavy atom. The lowest BCUT2D eigenvalue weighted by Gasteiger charge is -2.15. The van der Waals surface area contributed by atoms with Crippen molar-refractivity contribution < 1.29 is 13.7 Å². The number of likely N-dealkylation sites (tertiary alicyclic amines) is 1. The van der Waals surface area contributed by atoms with E-state index in [9.17, 15) is 4.79 Å². The normalized spacial score (nSPS) is 18.8. The van der Waals surface area contributed by atoms with Gasteiger partial charge in [0.1, 0.15) is 6.26 Å². The summed E-state index contributed by atoms with van der Waals surface area (Å²) in [6, 6.07) is 9.23. The van der Waals surface area contributed by atoms with Crippen LogP contribution in [0.2, 0.25) is 0 Å². The fraction of sp³-hybridized carbons (Fsp3) is 0.190. The zero-order valence-corrected chi connectivity index (χ0v) is 15.4. The number of hydrogen-bond donors (Lipinski definition) is 0. The summed E-state index contributed by atoms with van der Waals surface area (Å²) < 4.78 is 10.7. The molecular weight excluding hydrogens is 370 g/mol. The predicted octanol–water partition coefficient (Wildman–Crippen LogP) is 3.14. The molecule has 0 saturated carbocycles. The number of pyridine rings is 2. The topological polar surface area (TPSA) is 98.2 Å². The fourth-order valence-corrected chi connectivity index (χ4v) is 3.73. The van der Waals surface area contributed by atoms with Gasteiger partial charge in [-0.3, -0.25) is 14.8 Å². The van der Waals surface area contributed by atoms with Gasteiger partial charge in [0.05, 0.1) is 17.7 Å². The van der Waals surface area contributed by atoms with Crippen LogP contribution in [0.4, 0.5) is 0 Å². The van der Waals surface area contributed by atoms with Crippen molar-refractivity contribution in [1.29, 1.82) is 0 Å². The molecular formula is C21H17N5O3. The van der Waals surface area contributed by atoms with Crippen molar-refractivity contribution >= 4 is 5.91 Å². The number of aromatic nitrogens is 4. The second-order valence-corrected chi connectivity index (χ2v) is 6.91.